The molecule has 156 valence electrons. The first-order chi connectivity index (χ1) is 14.1. The van der Waals surface area contributed by atoms with E-state index in [1.807, 2.05) is 0 Å². The van der Waals surface area contributed by atoms with Gasteiger partial charge >= 0.3 is 11.7 Å². The number of aliphatic hydroxyl groups excluding tert-OH is 1. The molecule has 2 N–H and O–H groups in total. The summed E-state index contributed by atoms with van der Waals surface area (Å²) in [7, 11) is 0. The Hall–Kier alpha value is -3.72. The standard InChI is InChI=1S/C20H17ClN2O7/c1-11(22)19(12(2)24)17(25)10-29-20(26)13-3-6-15(7-4-13)30-18-8-5-14(21)9-16(18)23(27)28/h3-9,22,25H,10H2,1-2H3/b19-17-,22-11?. The second-order valence-corrected chi connectivity index (χ2v) is 6.51. The number of nitrogens with one attached hydrogen (secondary N) is 1. The fourth-order valence-electron chi connectivity index (χ4n) is 2.48. The van der Waals surface area contributed by atoms with E-state index in [4.69, 9.17) is 26.5 Å². The summed E-state index contributed by atoms with van der Waals surface area (Å²) in [4.78, 5) is 34.1. The lowest BCUT2D eigenvalue weighted by molar-refractivity contribution is -0.385. The zero-order valence-corrected chi connectivity index (χ0v) is 16.7. The van der Waals surface area contributed by atoms with Gasteiger partial charge in [0.15, 0.2) is 5.78 Å². The van der Waals surface area contributed by atoms with Gasteiger partial charge in [0, 0.05) is 16.8 Å². The van der Waals surface area contributed by atoms with Crippen molar-refractivity contribution in [3.8, 4) is 11.5 Å². The van der Waals surface area contributed by atoms with Crippen LogP contribution in [-0.4, -0.2) is 34.1 Å². The van der Waals surface area contributed by atoms with Crippen LogP contribution in [0.1, 0.15) is 24.2 Å². The lowest BCUT2D eigenvalue weighted by atomic mass is 10.1. The zero-order chi connectivity index (χ0) is 22.4. The number of carbonyl (C=O) groups excluding carboxylic acids is 2. The fourth-order valence-corrected chi connectivity index (χ4v) is 2.64. The number of benzene rings is 2. The summed E-state index contributed by atoms with van der Waals surface area (Å²) >= 11 is 5.76. The van der Waals surface area contributed by atoms with Gasteiger partial charge in [-0.05, 0) is 50.2 Å². The number of carbonyl (C=O) groups is 2. The van der Waals surface area contributed by atoms with Crippen molar-refractivity contribution in [3.05, 3.63) is 74.5 Å². The van der Waals surface area contributed by atoms with Crippen molar-refractivity contribution in [1.29, 1.82) is 5.41 Å². The van der Waals surface area contributed by atoms with Gasteiger partial charge in [0.1, 0.15) is 18.1 Å². The number of rotatable bonds is 8. The number of hydrogen-bond donors (Lipinski definition) is 2. The molecule has 30 heavy (non-hydrogen) atoms. The number of Topliss-reactive ketones (excluding diaryl/α,β-unsaturated/α-hetero) is 1. The number of hydrogen-bond acceptors (Lipinski definition) is 8. The molecule has 2 aromatic rings. The molecule has 0 aromatic heterocycles. The summed E-state index contributed by atoms with van der Waals surface area (Å²) in [5, 5.41) is 28.7. The Labute approximate surface area is 176 Å². The molecule has 0 spiro atoms. The van der Waals surface area contributed by atoms with Gasteiger partial charge in [-0.3, -0.25) is 14.9 Å². The van der Waals surface area contributed by atoms with Crippen LogP contribution in [0.4, 0.5) is 5.69 Å². The Morgan fingerprint density at radius 3 is 2.33 bits per heavy atom. The highest BCUT2D eigenvalue weighted by molar-refractivity contribution is 6.30. The maximum Gasteiger partial charge on any atom is 0.338 e. The van der Waals surface area contributed by atoms with Crippen LogP contribution in [-0.2, 0) is 9.53 Å². The van der Waals surface area contributed by atoms with Crippen LogP contribution in [0.2, 0.25) is 5.02 Å². The van der Waals surface area contributed by atoms with E-state index in [1.165, 1.54) is 50.2 Å². The molecular formula is C20H17ClN2O7. The molecule has 0 unspecified atom stereocenters. The third-order valence-electron chi connectivity index (χ3n) is 3.79. The van der Waals surface area contributed by atoms with Gasteiger partial charge in [-0.2, -0.15) is 0 Å². The number of ether oxygens (including phenoxy) is 2. The largest absolute Gasteiger partial charge is 0.508 e. The molecule has 0 atom stereocenters. The van der Waals surface area contributed by atoms with Crippen molar-refractivity contribution in [1.82, 2.24) is 0 Å². The molecular weight excluding hydrogens is 416 g/mol. The minimum Gasteiger partial charge on any atom is -0.508 e. The van der Waals surface area contributed by atoms with Gasteiger partial charge in [0.05, 0.1) is 16.1 Å². The maximum atomic E-state index is 12.1. The van der Waals surface area contributed by atoms with E-state index in [0.717, 1.165) is 6.07 Å². The van der Waals surface area contributed by atoms with Gasteiger partial charge < -0.3 is 20.0 Å². The lowest BCUT2D eigenvalue weighted by Crippen LogP contribution is -2.15. The topological polar surface area (TPSA) is 140 Å². The zero-order valence-electron chi connectivity index (χ0n) is 16.0. The monoisotopic (exact) mass is 432 g/mol. The van der Waals surface area contributed by atoms with Crippen molar-refractivity contribution in [3.63, 3.8) is 0 Å². The molecule has 0 saturated carbocycles. The van der Waals surface area contributed by atoms with Gasteiger partial charge in [-0.1, -0.05) is 11.6 Å². The van der Waals surface area contributed by atoms with Crippen molar-refractivity contribution < 1.29 is 29.1 Å². The van der Waals surface area contributed by atoms with E-state index < -0.39 is 29.0 Å². The molecule has 0 aliphatic rings. The molecule has 0 aliphatic carbocycles. The Morgan fingerprint density at radius 1 is 1.17 bits per heavy atom. The van der Waals surface area contributed by atoms with Gasteiger partial charge in [-0.25, -0.2) is 4.79 Å². The highest BCUT2D eigenvalue weighted by Crippen LogP contribution is 2.33. The number of esters is 1. The molecule has 0 aliphatic heterocycles. The highest BCUT2D eigenvalue weighted by atomic mass is 35.5. The maximum absolute atomic E-state index is 12.1. The van der Waals surface area contributed by atoms with Crippen LogP contribution < -0.4 is 4.74 Å². The van der Waals surface area contributed by atoms with Crippen LogP contribution in [0.5, 0.6) is 11.5 Å². The Bertz CT molecular complexity index is 1030. The highest BCUT2D eigenvalue weighted by Gasteiger charge is 2.18. The van der Waals surface area contributed by atoms with E-state index in [-0.39, 0.29) is 39.1 Å². The van der Waals surface area contributed by atoms with Crippen LogP contribution in [0.3, 0.4) is 0 Å². The number of allylic oxidation sites excluding steroid dienone is 1. The Kier molecular flexibility index (Phi) is 7.27. The normalized spacial score (nSPS) is 11.3. The van der Waals surface area contributed by atoms with Crippen LogP contribution >= 0.6 is 11.6 Å². The number of ketones is 1. The van der Waals surface area contributed by atoms with E-state index in [2.05, 4.69) is 0 Å². The first kappa shape index (κ1) is 22.6. The molecule has 0 radical (unpaired) electrons. The summed E-state index contributed by atoms with van der Waals surface area (Å²) in [5.41, 5.74) is -0.544. The fraction of sp³-hybridized carbons (Fsp3) is 0.150. The molecule has 10 heteroatoms. The number of nitro benzene ring substituents is 1. The van der Waals surface area contributed by atoms with E-state index >= 15 is 0 Å². The molecule has 0 amide bonds. The summed E-state index contributed by atoms with van der Waals surface area (Å²) < 4.78 is 10.4. The minimum absolute atomic E-state index is 0.0198. The predicted molar refractivity (Wildman–Crippen MR) is 109 cm³/mol. The van der Waals surface area contributed by atoms with E-state index in [0.29, 0.717) is 0 Å². The van der Waals surface area contributed by atoms with Gasteiger partial charge in [0.2, 0.25) is 5.75 Å². The van der Waals surface area contributed by atoms with Crippen LogP contribution in [0, 0.1) is 15.5 Å². The molecule has 0 saturated heterocycles. The summed E-state index contributed by atoms with van der Waals surface area (Å²) in [6.07, 6.45) is 0. The van der Waals surface area contributed by atoms with Crippen LogP contribution in [0.15, 0.2) is 53.8 Å². The van der Waals surface area contributed by atoms with Crippen LogP contribution in [0.25, 0.3) is 0 Å². The molecule has 0 bridgehead atoms. The van der Waals surface area contributed by atoms with Crippen molar-refractivity contribution >= 4 is 34.8 Å². The van der Waals surface area contributed by atoms with Crippen molar-refractivity contribution in [2.75, 3.05) is 6.61 Å². The number of nitrogens with zero attached hydrogens (tertiary/aromatic N) is 1. The number of aliphatic hydroxyl groups is 1. The van der Waals surface area contributed by atoms with Gasteiger partial charge in [-0.15, -0.1) is 0 Å². The smallest absolute Gasteiger partial charge is 0.338 e. The molecule has 9 nitrogen and oxygen atoms in total. The second-order valence-electron chi connectivity index (χ2n) is 6.07. The summed E-state index contributed by atoms with van der Waals surface area (Å²) in [6.45, 7) is 1.95. The molecule has 2 aromatic carbocycles. The summed E-state index contributed by atoms with van der Waals surface area (Å²) in [6, 6.07) is 9.52. The second kappa shape index (κ2) is 9.66. The van der Waals surface area contributed by atoms with Gasteiger partial charge in [0.25, 0.3) is 0 Å². The predicted octanol–water partition coefficient (Wildman–Crippen LogP) is 4.64. The Morgan fingerprint density at radius 2 is 1.80 bits per heavy atom. The first-order valence-electron chi connectivity index (χ1n) is 8.47. The Balaban J connectivity index is 2.10. The van der Waals surface area contributed by atoms with Crippen molar-refractivity contribution in [2.45, 2.75) is 13.8 Å². The first-order valence-corrected chi connectivity index (χ1v) is 8.85. The number of halogens is 1. The number of nitro groups is 1. The molecule has 0 heterocycles. The third kappa shape index (κ3) is 5.65. The van der Waals surface area contributed by atoms with Crippen molar-refractivity contribution in [2.24, 2.45) is 0 Å². The average molecular weight is 433 g/mol. The lowest BCUT2D eigenvalue weighted by Gasteiger charge is -2.09. The third-order valence-corrected chi connectivity index (χ3v) is 4.03. The SMILES string of the molecule is CC(=N)/C(C(C)=O)=C(/O)COC(=O)c1ccc(Oc2ccc(Cl)cc2[N+](=O)[O-])cc1. The average Bonchev–Trinajstić information content (AvgIpc) is 2.67. The van der Waals surface area contributed by atoms with E-state index in [9.17, 15) is 24.8 Å². The minimum atomic E-state index is -0.781. The summed E-state index contributed by atoms with van der Waals surface area (Å²) in [5.74, 6) is -1.60. The van der Waals surface area contributed by atoms with E-state index in [1.54, 1.807) is 0 Å². The molecule has 0 fully saturated rings. The molecule has 2 rings (SSSR count). The quantitative estimate of drug-likeness (QED) is 0.154.